The number of thioether (sulfide) groups is 1. The zero-order chi connectivity index (χ0) is 13.0. The molecule has 2 rings (SSSR count). The monoisotopic (exact) mass is 266 g/mol. The van der Waals surface area contributed by atoms with Gasteiger partial charge in [0.1, 0.15) is 5.82 Å². The zero-order valence-corrected chi connectivity index (χ0v) is 11.3. The van der Waals surface area contributed by atoms with E-state index < -0.39 is 0 Å². The van der Waals surface area contributed by atoms with E-state index in [0.717, 1.165) is 11.0 Å². The molecular formula is C12H18N4OS. The quantitative estimate of drug-likeness (QED) is 0.818. The van der Waals surface area contributed by atoms with Crippen LogP contribution in [0.4, 0.5) is 0 Å². The number of amides is 1. The van der Waals surface area contributed by atoms with Crippen LogP contribution in [0.2, 0.25) is 0 Å². The highest BCUT2D eigenvalue weighted by molar-refractivity contribution is 7.99. The van der Waals surface area contributed by atoms with Crippen molar-refractivity contribution >= 4 is 17.7 Å². The first-order valence-corrected chi connectivity index (χ1v) is 7.04. The van der Waals surface area contributed by atoms with Crippen molar-refractivity contribution in [1.29, 1.82) is 0 Å². The van der Waals surface area contributed by atoms with E-state index in [4.69, 9.17) is 5.73 Å². The van der Waals surface area contributed by atoms with Crippen molar-refractivity contribution in [3.05, 3.63) is 18.0 Å². The Hall–Kier alpha value is -1.30. The van der Waals surface area contributed by atoms with Crippen molar-refractivity contribution in [2.75, 3.05) is 0 Å². The van der Waals surface area contributed by atoms with E-state index in [9.17, 15) is 4.79 Å². The number of nitrogens with two attached hydrogens (primary N) is 1. The van der Waals surface area contributed by atoms with Gasteiger partial charge in [0.05, 0.1) is 0 Å². The summed E-state index contributed by atoms with van der Waals surface area (Å²) < 4.78 is 1.95. The van der Waals surface area contributed by atoms with Crippen LogP contribution in [-0.4, -0.2) is 25.9 Å². The molecular weight excluding hydrogens is 248 g/mol. The minimum atomic E-state index is -0.303. The molecule has 0 aromatic carbocycles. The van der Waals surface area contributed by atoms with Crippen LogP contribution < -0.4 is 5.73 Å². The molecule has 0 fully saturated rings. The van der Waals surface area contributed by atoms with Gasteiger partial charge in [0, 0.05) is 25.1 Å². The van der Waals surface area contributed by atoms with Gasteiger partial charge < -0.3 is 10.3 Å². The number of rotatable bonds is 5. The maximum atomic E-state index is 10.8. The van der Waals surface area contributed by atoms with E-state index in [1.807, 2.05) is 11.6 Å². The summed E-state index contributed by atoms with van der Waals surface area (Å²) >= 11 is 1.73. The summed E-state index contributed by atoms with van der Waals surface area (Å²) in [7, 11) is 1.94. The minimum absolute atomic E-state index is 0.303. The highest BCUT2D eigenvalue weighted by atomic mass is 32.2. The molecule has 5 nitrogen and oxygen atoms in total. The Morgan fingerprint density at radius 3 is 3.11 bits per heavy atom. The topological polar surface area (TPSA) is 73.8 Å². The standard InChI is InChI=1S/C12H18N4OS/c1-16-11(8-7-10(13)17)14-15-12(16)18-9-5-3-2-4-6-9/h3,5,9H,2,4,6-8H2,1H3,(H2,13,17). The van der Waals surface area contributed by atoms with E-state index in [-0.39, 0.29) is 5.91 Å². The van der Waals surface area contributed by atoms with E-state index in [0.29, 0.717) is 18.1 Å². The van der Waals surface area contributed by atoms with E-state index >= 15 is 0 Å². The SMILES string of the molecule is Cn1c(CCC(N)=O)nnc1SC1C=CCCC1. The molecule has 0 saturated heterocycles. The van der Waals surface area contributed by atoms with Crippen LogP contribution in [0.25, 0.3) is 0 Å². The first-order chi connectivity index (χ1) is 8.66. The molecule has 1 aliphatic rings. The molecule has 1 aliphatic carbocycles. The summed E-state index contributed by atoms with van der Waals surface area (Å²) in [5, 5.41) is 9.69. The number of carbonyl (C=O) groups excluding carboxylic acids is 1. The molecule has 18 heavy (non-hydrogen) atoms. The Labute approximate surface area is 111 Å². The van der Waals surface area contributed by atoms with Gasteiger partial charge in [-0.05, 0) is 19.3 Å². The van der Waals surface area contributed by atoms with Gasteiger partial charge in [0.25, 0.3) is 0 Å². The third-order valence-electron chi connectivity index (χ3n) is 2.99. The lowest BCUT2D eigenvalue weighted by Gasteiger charge is -2.14. The molecule has 0 bridgehead atoms. The molecule has 1 amide bonds. The minimum Gasteiger partial charge on any atom is -0.370 e. The van der Waals surface area contributed by atoms with Crippen LogP contribution in [0.3, 0.4) is 0 Å². The van der Waals surface area contributed by atoms with Gasteiger partial charge in [-0.1, -0.05) is 23.9 Å². The van der Waals surface area contributed by atoms with Crippen LogP contribution in [0.5, 0.6) is 0 Å². The van der Waals surface area contributed by atoms with Gasteiger partial charge in [0.2, 0.25) is 5.91 Å². The third kappa shape index (κ3) is 3.35. The molecule has 0 radical (unpaired) electrons. The van der Waals surface area contributed by atoms with Crippen molar-refractivity contribution in [2.45, 2.75) is 42.5 Å². The highest BCUT2D eigenvalue weighted by Crippen LogP contribution is 2.28. The Morgan fingerprint density at radius 2 is 2.44 bits per heavy atom. The fraction of sp³-hybridized carbons (Fsp3) is 0.583. The summed E-state index contributed by atoms with van der Waals surface area (Å²) in [6, 6.07) is 0. The predicted octanol–water partition coefficient (Wildman–Crippen LogP) is 1.43. The van der Waals surface area contributed by atoms with E-state index in [1.54, 1.807) is 11.8 Å². The molecule has 0 aliphatic heterocycles. The molecule has 0 saturated carbocycles. The molecule has 1 heterocycles. The summed E-state index contributed by atoms with van der Waals surface area (Å²) in [5.74, 6) is 0.513. The normalized spacial score (nSPS) is 19.1. The lowest BCUT2D eigenvalue weighted by Crippen LogP contribution is -2.13. The second-order valence-electron chi connectivity index (χ2n) is 4.44. The Kier molecular flexibility index (Phi) is 4.41. The lowest BCUT2D eigenvalue weighted by molar-refractivity contribution is -0.118. The largest absolute Gasteiger partial charge is 0.370 e. The Morgan fingerprint density at radius 1 is 1.61 bits per heavy atom. The second kappa shape index (κ2) is 6.04. The molecule has 0 spiro atoms. The molecule has 1 atom stereocenters. The van der Waals surface area contributed by atoms with Gasteiger partial charge in [-0.3, -0.25) is 4.79 Å². The average molecular weight is 266 g/mol. The summed E-state index contributed by atoms with van der Waals surface area (Å²) in [5.41, 5.74) is 5.14. The van der Waals surface area contributed by atoms with Crippen molar-refractivity contribution in [3.8, 4) is 0 Å². The summed E-state index contributed by atoms with van der Waals surface area (Å²) in [4.78, 5) is 10.8. The smallest absolute Gasteiger partial charge is 0.217 e. The predicted molar refractivity (Wildman–Crippen MR) is 71.2 cm³/mol. The maximum Gasteiger partial charge on any atom is 0.217 e. The van der Waals surface area contributed by atoms with Gasteiger partial charge in [-0.2, -0.15) is 0 Å². The third-order valence-corrected chi connectivity index (χ3v) is 4.25. The Bertz CT molecular complexity index is 455. The number of primary amides is 1. The van der Waals surface area contributed by atoms with Crippen LogP contribution in [-0.2, 0) is 18.3 Å². The van der Waals surface area contributed by atoms with Gasteiger partial charge >= 0.3 is 0 Å². The van der Waals surface area contributed by atoms with Crippen LogP contribution in [0.1, 0.15) is 31.5 Å². The van der Waals surface area contributed by atoms with Crippen LogP contribution in [0, 0.1) is 0 Å². The molecule has 1 aromatic heterocycles. The average Bonchev–Trinajstić information content (AvgIpc) is 2.70. The van der Waals surface area contributed by atoms with E-state index in [1.165, 1.54) is 19.3 Å². The molecule has 1 aromatic rings. The van der Waals surface area contributed by atoms with Crippen molar-refractivity contribution in [3.63, 3.8) is 0 Å². The van der Waals surface area contributed by atoms with Gasteiger partial charge in [-0.25, -0.2) is 0 Å². The van der Waals surface area contributed by atoms with Crippen LogP contribution >= 0.6 is 11.8 Å². The molecule has 2 N–H and O–H groups in total. The molecule has 6 heteroatoms. The number of hydrogen-bond acceptors (Lipinski definition) is 4. The number of aryl methyl sites for hydroxylation is 1. The van der Waals surface area contributed by atoms with Crippen molar-refractivity contribution in [1.82, 2.24) is 14.8 Å². The maximum absolute atomic E-state index is 10.8. The fourth-order valence-electron chi connectivity index (χ4n) is 1.92. The fourth-order valence-corrected chi connectivity index (χ4v) is 3.01. The number of nitrogens with zero attached hydrogens (tertiary/aromatic N) is 3. The van der Waals surface area contributed by atoms with E-state index in [2.05, 4.69) is 22.3 Å². The molecule has 1 unspecified atom stereocenters. The number of aromatic nitrogens is 3. The Balaban J connectivity index is 1.98. The number of carbonyl (C=O) groups is 1. The summed E-state index contributed by atoms with van der Waals surface area (Å²) in [6.07, 6.45) is 8.95. The zero-order valence-electron chi connectivity index (χ0n) is 10.5. The first-order valence-electron chi connectivity index (χ1n) is 6.16. The van der Waals surface area contributed by atoms with Crippen molar-refractivity contribution in [2.24, 2.45) is 12.8 Å². The van der Waals surface area contributed by atoms with Crippen LogP contribution in [0.15, 0.2) is 17.3 Å². The van der Waals surface area contributed by atoms with Gasteiger partial charge in [-0.15, -0.1) is 10.2 Å². The van der Waals surface area contributed by atoms with Crippen molar-refractivity contribution < 1.29 is 4.79 Å². The van der Waals surface area contributed by atoms with Gasteiger partial charge in [0.15, 0.2) is 5.16 Å². The number of hydrogen-bond donors (Lipinski definition) is 1. The molecule has 98 valence electrons. The first kappa shape index (κ1) is 13.1. The highest BCUT2D eigenvalue weighted by Gasteiger charge is 2.15. The number of allylic oxidation sites excluding steroid dienone is 1. The second-order valence-corrected chi connectivity index (χ2v) is 5.65. The summed E-state index contributed by atoms with van der Waals surface area (Å²) in [6.45, 7) is 0. The lowest BCUT2D eigenvalue weighted by atomic mass is 10.1.